The van der Waals surface area contributed by atoms with Crippen LogP contribution >= 0.6 is 0 Å². The fourth-order valence-corrected chi connectivity index (χ4v) is 2.94. The number of nitrogens with one attached hydrogen (secondary N) is 1. The zero-order valence-electron chi connectivity index (χ0n) is 12.1. The first-order valence-electron chi connectivity index (χ1n) is 7.24. The summed E-state index contributed by atoms with van der Waals surface area (Å²) in [5.74, 6) is 0. The fourth-order valence-electron chi connectivity index (χ4n) is 2.94. The molecule has 0 atom stereocenters. The van der Waals surface area contributed by atoms with Gasteiger partial charge in [-0.15, -0.1) is 0 Å². The number of anilines is 1. The molecule has 1 aliphatic rings. The first-order chi connectivity index (χ1) is 10.1. The Morgan fingerprint density at radius 3 is 2.81 bits per heavy atom. The molecule has 0 radical (unpaired) electrons. The molecule has 4 heteroatoms. The van der Waals surface area contributed by atoms with Gasteiger partial charge in [0.1, 0.15) is 0 Å². The van der Waals surface area contributed by atoms with Crippen molar-refractivity contribution >= 4 is 11.4 Å². The molecule has 2 aromatic rings. The van der Waals surface area contributed by atoms with Crippen LogP contribution in [0.5, 0.6) is 0 Å². The van der Waals surface area contributed by atoms with Crippen molar-refractivity contribution < 1.29 is 4.92 Å². The van der Waals surface area contributed by atoms with Crippen LogP contribution in [-0.2, 0) is 19.4 Å². The van der Waals surface area contributed by atoms with E-state index in [0.717, 1.165) is 23.2 Å². The normalized spacial score (nSPS) is 13.0. The molecule has 0 bridgehead atoms. The molecule has 0 saturated heterocycles. The minimum absolute atomic E-state index is 0.184. The van der Waals surface area contributed by atoms with E-state index in [9.17, 15) is 10.1 Å². The van der Waals surface area contributed by atoms with Gasteiger partial charge < -0.3 is 5.32 Å². The predicted molar refractivity (Wildman–Crippen MR) is 83.6 cm³/mol. The average Bonchev–Trinajstić information content (AvgIpc) is 2.93. The number of nitro groups is 1. The SMILES string of the molecule is Cc1c(CNc2ccc3c(c2)CCC3)cccc1[N+](=O)[O-]. The summed E-state index contributed by atoms with van der Waals surface area (Å²) in [6.45, 7) is 2.41. The van der Waals surface area contributed by atoms with Crippen LogP contribution in [-0.4, -0.2) is 4.92 Å². The third-order valence-corrected chi connectivity index (χ3v) is 4.20. The summed E-state index contributed by atoms with van der Waals surface area (Å²) in [7, 11) is 0. The highest BCUT2D eigenvalue weighted by Gasteiger charge is 2.13. The van der Waals surface area contributed by atoms with Crippen LogP contribution in [0.15, 0.2) is 36.4 Å². The van der Waals surface area contributed by atoms with Crippen molar-refractivity contribution in [1.29, 1.82) is 0 Å². The van der Waals surface area contributed by atoms with E-state index in [-0.39, 0.29) is 10.6 Å². The molecule has 0 aromatic heterocycles. The zero-order valence-corrected chi connectivity index (χ0v) is 12.1. The number of fused-ring (bicyclic) bond motifs is 1. The summed E-state index contributed by atoms with van der Waals surface area (Å²) in [4.78, 5) is 10.6. The van der Waals surface area contributed by atoms with E-state index in [1.807, 2.05) is 6.07 Å². The average molecular weight is 282 g/mol. The minimum Gasteiger partial charge on any atom is -0.381 e. The highest BCUT2D eigenvalue weighted by Crippen LogP contribution is 2.26. The van der Waals surface area contributed by atoms with Crippen LogP contribution in [0.3, 0.4) is 0 Å². The second kappa shape index (κ2) is 5.56. The summed E-state index contributed by atoms with van der Waals surface area (Å²) in [6, 6.07) is 11.7. The van der Waals surface area contributed by atoms with Gasteiger partial charge in [0.15, 0.2) is 0 Å². The Bertz CT molecular complexity index is 695. The Hall–Kier alpha value is -2.36. The zero-order chi connectivity index (χ0) is 14.8. The summed E-state index contributed by atoms with van der Waals surface area (Å²) < 4.78 is 0. The number of nitrogens with zero attached hydrogens (tertiary/aromatic N) is 1. The Morgan fingerprint density at radius 2 is 2.00 bits per heavy atom. The smallest absolute Gasteiger partial charge is 0.272 e. The van der Waals surface area contributed by atoms with Crippen LogP contribution in [0.2, 0.25) is 0 Å². The lowest BCUT2D eigenvalue weighted by Crippen LogP contribution is -2.03. The van der Waals surface area contributed by atoms with Crippen molar-refractivity contribution in [1.82, 2.24) is 0 Å². The van der Waals surface area contributed by atoms with E-state index in [1.165, 1.54) is 24.0 Å². The van der Waals surface area contributed by atoms with Gasteiger partial charge in [-0.3, -0.25) is 10.1 Å². The lowest BCUT2D eigenvalue weighted by atomic mass is 10.1. The first-order valence-corrected chi connectivity index (χ1v) is 7.24. The topological polar surface area (TPSA) is 55.2 Å². The van der Waals surface area contributed by atoms with Gasteiger partial charge in [-0.1, -0.05) is 18.2 Å². The molecular weight excluding hydrogens is 264 g/mol. The van der Waals surface area contributed by atoms with E-state index in [1.54, 1.807) is 19.1 Å². The van der Waals surface area contributed by atoms with Crippen LogP contribution in [0.25, 0.3) is 0 Å². The van der Waals surface area contributed by atoms with Gasteiger partial charge in [0.2, 0.25) is 0 Å². The van der Waals surface area contributed by atoms with E-state index in [4.69, 9.17) is 0 Å². The Kier molecular flexibility index (Phi) is 3.60. The van der Waals surface area contributed by atoms with Gasteiger partial charge in [-0.25, -0.2) is 0 Å². The number of aryl methyl sites for hydroxylation is 2. The molecule has 1 aliphatic carbocycles. The number of hydrogen-bond donors (Lipinski definition) is 1. The molecule has 0 amide bonds. The van der Waals surface area contributed by atoms with Gasteiger partial charge in [0.05, 0.1) is 4.92 Å². The summed E-state index contributed by atoms with van der Waals surface area (Å²) in [6.07, 6.45) is 3.57. The van der Waals surface area contributed by atoms with Crippen molar-refractivity contribution in [3.8, 4) is 0 Å². The van der Waals surface area contributed by atoms with Crippen LogP contribution < -0.4 is 5.32 Å². The lowest BCUT2D eigenvalue weighted by Gasteiger charge is -2.10. The van der Waals surface area contributed by atoms with Crippen molar-refractivity contribution in [2.24, 2.45) is 0 Å². The van der Waals surface area contributed by atoms with Gasteiger partial charge in [-0.2, -0.15) is 0 Å². The van der Waals surface area contributed by atoms with Gasteiger partial charge in [0.25, 0.3) is 5.69 Å². The largest absolute Gasteiger partial charge is 0.381 e. The second-order valence-electron chi connectivity index (χ2n) is 5.51. The Labute approximate surface area is 124 Å². The monoisotopic (exact) mass is 282 g/mol. The van der Waals surface area contributed by atoms with Crippen molar-refractivity contribution in [2.75, 3.05) is 5.32 Å². The molecule has 2 aromatic carbocycles. The number of nitro benzene ring substituents is 1. The maximum absolute atomic E-state index is 11.0. The third-order valence-electron chi connectivity index (χ3n) is 4.20. The molecule has 0 heterocycles. The van der Waals surface area contributed by atoms with Crippen LogP contribution in [0.4, 0.5) is 11.4 Å². The summed E-state index contributed by atoms with van der Waals surface area (Å²) >= 11 is 0. The molecular formula is C17H18N2O2. The molecule has 0 fully saturated rings. The molecule has 0 saturated carbocycles. The van der Waals surface area contributed by atoms with Crippen molar-refractivity contribution in [3.05, 3.63) is 68.8 Å². The highest BCUT2D eigenvalue weighted by molar-refractivity contribution is 5.52. The minimum atomic E-state index is -0.325. The van der Waals surface area contributed by atoms with Crippen molar-refractivity contribution in [2.45, 2.75) is 32.7 Å². The second-order valence-corrected chi connectivity index (χ2v) is 5.51. The third kappa shape index (κ3) is 2.75. The van der Waals surface area contributed by atoms with Crippen LogP contribution in [0.1, 0.15) is 28.7 Å². The standard InChI is InChI=1S/C17H18N2O2/c1-12-15(6-3-7-17(12)19(20)21)11-18-16-9-8-13-4-2-5-14(13)10-16/h3,6-10,18H,2,4-5,11H2,1H3. The maximum Gasteiger partial charge on any atom is 0.272 e. The molecule has 3 rings (SSSR count). The highest BCUT2D eigenvalue weighted by atomic mass is 16.6. The quantitative estimate of drug-likeness (QED) is 0.681. The van der Waals surface area contributed by atoms with E-state index < -0.39 is 0 Å². The molecule has 0 unspecified atom stereocenters. The van der Waals surface area contributed by atoms with Gasteiger partial charge in [-0.05, 0) is 55.0 Å². The molecule has 0 aliphatic heterocycles. The lowest BCUT2D eigenvalue weighted by molar-refractivity contribution is -0.385. The predicted octanol–water partition coefficient (Wildman–Crippen LogP) is 4.00. The molecule has 21 heavy (non-hydrogen) atoms. The van der Waals surface area contributed by atoms with Crippen LogP contribution in [0, 0.1) is 17.0 Å². The van der Waals surface area contributed by atoms with E-state index >= 15 is 0 Å². The van der Waals surface area contributed by atoms with E-state index in [2.05, 4.69) is 23.5 Å². The fraction of sp³-hybridized carbons (Fsp3) is 0.294. The first kappa shape index (κ1) is 13.6. The summed E-state index contributed by atoms with van der Waals surface area (Å²) in [5, 5.41) is 14.3. The number of hydrogen-bond acceptors (Lipinski definition) is 3. The maximum atomic E-state index is 11.0. The van der Waals surface area contributed by atoms with E-state index in [0.29, 0.717) is 6.54 Å². The Morgan fingerprint density at radius 1 is 1.19 bits per heavy atom. The molecule has 4 nitrogen and oxygen atoms in total. The van der Waals surface area contributed by atoms with Gasteiger partial charge >= 0.3 is 0 Å². The molecule has 108 valence electrons. The Balaban J connectivity index is 1.76. The molecule has 0 spiro atoms. The summed E-state index contributed by atoms with van der Waals surface area (Å²) in [5.41, 5.74) is 5.84. The number of rotatable bonds is 4. The number of benzene rings is 2. The van der Waals surface area contributed by atoms with Crippen molar-refractivity contribution in [3.63, 3.8) is 0 Å². The molecule has 1 N–H and O–H groups in total. The van der Waals surface area contributed by atoms with Gasteiger partial charge in [0, 0.05) is 23.9 Å².